The molecule has 1 spiro atoms. The number of carbonyl (C=O) groups is 2. The second-order valence-electron chi connectivity index (χ2n) is 7.83. The highest BCUT2D eigenvalue weighted by atomic mass is 16.2. The van der Waals surface area contributed by atoms with Crippen LogP contribution >= 0.6 is 0 Å². The van der Waals surface area contributed by atoms with Gasteiger partial charge in [-0.1, -0.05) is 6.92 Å². The van der Waals surface area contributed by atoms with Crippen LogP contribution in [-0.2, 0) is 28.1 Å². The molecule has 4 heterocycles. The lowest BCUT2D eigenvalue weighted by atomic mass is 9.78. The van der Waals surface area contributed by atoms with Gasteiger partial charge in [0, 0.05) is 43.9 Å². The number of hydrogen-bond acceptors (Lipinski definition) is 4. The Hall–Kier alpha value is -2.64. The minimum absolute atomic E-state index is 0.0989. The number of likely N-dealkylation sites (tertiary alicyclic amines) is 1. The van der Waals surface area contributed by atoms with Gasteiger partial charge < -0.3 is 19.4 Å². The van der Waals surface area contributed by atoms with Crippen LogP contribution in [0.5, 0.6) is 0 Å². The van der Waals surface area contributed by atoms with E-state index in [1.807, 2.05) is 35.1 Å². The van der Waals surface area contributed by atoms with Crippen molar-refractivity contribution in [2.45, 2.75) is 58.5 Å². The summed E-state index contributed by atoms with van der Waals surface area (Å²) in [5.41, 5.74) is 3.71. The molecule has 2 aromatic heterocycles. The molecule has 4 rings (SSSR count). The molecule has 2 aliphatic rings. The molecule has 1 fully saturated rings. The first-order valence-electron chi connectivity index (χ1n) is 10.1. The number of hydrogen-bond donors (Lipinski definition) is 1. The molecule has 0 aliphatic carbocycles. The quantitative estimate of drug-likeness (QED) is 0.870. The SMILES string of the molecule is CCC(=O)N1CCc2[nH]cnc2C12CCN(C(=O)Cn1cnc(C)c1C)CC2. The van der Waals surface area contributed by atoms with Gasteiger partial charge in [0.1, 0.15) is 6.54 Å². The Labute approximate surface area is 164 Å². The summed E-state index contributed by atoms with van der Waals surface area (Å²) in [5.74, 6) is 0.264. The van der Waals surface area contributed by atoms with E-state index in [9.17, 15) is 9.59 Å². The topological polar surface area (TPSA) is 87.1 Å². The molecule has 2 aromatic rings. The van der Waals surface area contributed by atoms with Crippen LogP contribution < -0.4 is 0 Å². The number of amides is 2. The highest BCUT2D eigenvalue weighted by Gasteiger charge is 2.48. The normalized spacial score (nSPS) is 18.4. The summed E-state index contributed by atoms with van der Waals surface area (Å²) in [6.07, 6.45) is 6.21. The van der Waals surface area contributed by atoms with Gasteiger partial charge in [-0.3, -0.25) is 9.59 Å². The first-order valence-corrected chi connectivity index (χ1v) is 10.1. The van der Waals surface area contributed by atoms with E-state index in [0.717, 1.165) is 42.0 Å². The number of aromatic nitrogens is 4. The van der Waals surface area contributed by atoms with Gasteiger partial charge in [0.05, 0.1) is 29.6 Å². The number of H-pyrrole nitrogens is 1. The molecule has 0 bridgehead atoms. The fourth-order valence-electron chi connectivity index (χ4n) is 4.61. The van der Waals surface area contributed by atoms with Crippen molar-refractivity contribution in [3.05, 3.63) is 35.4 Å². The van der Waals surface area contributed by atoms with Crippen LogP contribution in [0.1, 0.15) is 49.0 Å². The van der Waals surface area contributed by atoms with Gasteiger partial charge in [0.2, 0.25) is 11.8 Å². The monoisotopic (exact) mass is 384 g/mol. The van der Waals surface area contributed by atoms with E-state index in [-0.39, 0.29) is 17.4 Å². The van der Waals surface area contributed by atoms with Crippen molar-refractivity contribution in [2.75, 3.05) is 19.6 Å². The number of piperidine rings is 1. The minimum atomic E-state index is -0.390. The average molecular weight is 384 g/mol. The molecule has 0 unspecified atom stereocenters. The van der Waals surface area contributed by atoms with Crippen LogP contribution in [0, 0.1) is 13.8 Å². The van der Waals surface area contributed by atoms with E-state index in [1.54, 1.807) is 12.7 Å². The first kappa shape index (κ1) is 18.7. The van der Waals surface area contributed by atoms with E-state index in [2.05, 4.69) is 15.0 Å². The van der Waals surface area contributed by atoms with Crippen molar-refractivity contribution in [1.29, 1.82) is 0 Å². The maximum atomic E-state index is 12.8. The van der Waals surface area contributed by atoms with Crippen molar-refractivity contribution in [3.8, 4) is 0 Å². The van der Waals surface area contributed by atoms with E-state index >= 15 is 0 Å². The zero-order valence-corrected chi connectivity index (χ0v) is 16.9. The first-order chi connectivity index (χ1) is 13.5. The zero-order chi connectivity index (χ0) is 19.9. The molecule has 28 heavy (non-hydrogen) atoms. The third-order valence-corrected chi connectivity index (χ3v) is 6.46. The molecule has 1 N–H and O–H groups in total. The molecule has 8 heteroatoms. The van der Waals surface area contributed by atoms with E-state index in [1.165, 1.54) is 0 Å². The molecule has 0 aromatic carbocycles. The highest BCUT2D eigenvalue weighted by molar-refractivity contribution is 5.78. The predicted octanol–water partition coefficient (Wildman–Crippen LogP) is 1.54. The number of aryl methyl sites for hydroxylation is 1. The number of imidazole rings is 2. The van der Waals surface area contributed by atoms with Gasteiger partial charge in [-0.15, -0.1) is 0 Å². The number of aromatic amines is 1. The Morgan fingerprint density at radius 2 is 1.89 bits per heavy atom. The van der Waals surface area contributed by atoms with Crippen LogP contribution in [0.4, 0.5) is 0 Å². The van der Waals surface area contributed by atoms with Gasteiger partial charge in [-0.2, -0.15) is 0 Å². The zero-order valence-electron chi connectivity index (χ0n) is 16.9. The van der Waals surface area contributed by atoms with Crippen LogP contribution in [0.2, 0.25) is 0 Å². The lowest BCUT2D eigenvalue weighted by molar-refractivity contribution is -0.144. The Bertz CT molecular complexity index is 890. The minimum Gasteiger partial charge on any atom is -0.348 e. The molecule has 8 nitrogen and oxygen atoms in total. The van der Waals surface area contributed by atoms with Gasteiger partial charge >= 0.3 is 0 Å². The molecule has 1 saturated heterocycles. The highest BCUT2D eigenvalue weighted by Crippen LogP contribution is 2.42. The summed E-state index contributed by atoms with van der Waals surface area (Å²) in [7, 11) is 0. The van der Waals surface area contributed by atoms with Crippen molar-refractivity contribution >= 4 is 11.8 Å². The maximum absolute atomic E-state index is 12.8. The van der Waals surface area contributed by atoms with Gasteiger partial charge in [-0.25, -0.2) is 9.97 Å². The number of nitrogens with one attached hydrogen (secondary N) is 1. The Balaban J connectivity index is 1.52. The fraction of sp³-hybridized carbons (Fsp3) is 0.600. The van der Waals surface area contributed by atoms with E-state index < -0.39 is 0 Å². The van der Waals surface area contributed by atoms with Crippen molar-refractivity contribution < 1.29 is 9.59 Å². The van der Waals surface area contributed by atoms with Crippen LogP contribution in [0.15, 0.2) is 12.7 Å². The lowest BCUT2D eigenvalue weighted by Gasteiger charge is -2.50. The lowest BCUT2D eigenvalue weighted by Crippen LogP contribution is -2.59. The van der Waals surface area contributed by atoms with Gasteiger partial charge in [-0.05, 0) is 26.7 Å². The summed E-state index contributed by atoms with van der Waals surface area (Å²) in [5, 5.41) is 0. The van der Waals surface area contributed by atoms with Crippen molar-refractivity contribution in [3.63, 3.8) is 0 Å². The maximum Gasteiger partial charge on any atom is 0.242 e. The molecule has 150 valence electrons. The Morgan fingerprint density at radius 3 is 2.54 bits per heavy atom. The molecular weight excluding hydrogens is 356 g/mol. The average Bonchev–Trinajstić information content (AvgIpc) is 3.31. The van der Waals surface area contributed by atoms with Crippen LogP contribution in [-0.4, -0.2) is 60.8 Å². The number of nitrogens with zero attached hydrogens (tertiary/aromatic N) is 5. The molecule has 0 saturated carbocycles. The Morgan fingerprint density at radius 1 is 1.14 bits per heavy atom. The number of fused-ring (bicyclic) bond motifs is 2. The smallest absolute Gasteiger partial charge is 0.242 e. The fourth-order valence-corrected chi connectivity index (χ4v) is 4.61. The summed E-state index contributed by atoms with van der Waals surface area (Å²) in [4.78, 5) is 41.5. The molecule has 2 amide bonds. The number of carbonyl (C=O) groups excluding carboxylic acids is 2. The summed E-state index contributed by atoms with van der Waals surface area (Å²) in [6, 6.07) is 0. The molecule has 0 radical (unpaired) electrons. The third kappa shape index (κ3) is 2.91. The largest absolute Gasteiger partial charge is 0.348 e. The van der Waals surface area contributed by atoms with Gasteiger partial charge in [0.25, 0.3) is 0 Å². The van der Waals surface area contributed by atoms with E-state index in [4.69, 9.17) is 0 Å². The van der Waals surface area contributed by atoms with Crippen LogP contribution in [0.25, 0.3) is 0 Å². The van der Waals surface area contributed by atoms with Crippen molar-refractivity contribution in [2.24, 2.45) is 0 Å². The second kappa shape index (κ2) is 7.07. The third-order valence-electron chi connectivity index (χ3n) is 6.46. The second-order valence-corrected chi connectivity index (χ2v) is 7.83. The summed E-state index contributed by atoms with van der Waals surface area (Å²) >= 11 is 0. The Kier molecular flexibility index (Phi) is 4.72. The summed E-state index contributed by atoms with van der Waals surface area (Å²) in [6.45, 7) is 8.12. The molecule has 0 atom stereocenters. The predicted molar refractivity (Wildman–Crippen MR) is 103 cm³/mol. The van der Waals surface area contributed by atoms with Gasteiger partial charge in [0.15, 0.2) is 0 Å². The standard InChI is InChI=1S/C20H28N6O2/c1-4-17(27)26-8-5-16-19(22-12-21-16)20(26)6-9-24(10-7-20)18(28)11-25-13-23-14(2)15(25)3/h12-13H,4-11H2,1-3H3,(H,21,22). The van der Waals surface area contributed by atoms with E-state index in [0.29, 0.717) is 32.6 Å². The summed E-state index contributed by atoms with van der Waals surface area (Å²) < 4.78 is 1.90. The van der Waals surface area contributed by atoms with Crippen molar-refractivity contribution in [1.82, 2.24) is 29.3 Å². The number of rotatable bonds is 3. The molecular formula is C20H28N6O2. The van der Waals surface area contributed by atoms with Crippen LogP contribution in [0.3, 0.4) is 0 Å². The molecule has 2 aliphatic heterocycles.